The Morgan fingerprint density at radius 3 is 2.41 bits per heavy atom. The van der Waals surface area contributed by atoms with Crippen molar-refractivity contribution in [3.05, 3.63) is 28.8 Å². The number of halogens is 1. The van der Waals surface area contributed by atoms with Crippen molar-refractivity contribution >= 4 is 17.3 Å². The summed E-state index contributed by atoms with van der Waals surface area (Å²) in [5, 5.41) is 0.774. The first kappa shape index (κ1) is 12.7. The van der Waals surface area contributed by atoms with E-state index < -0.39 is 0 Å². The van der Waals surface area contributed by atoms with Crippen molar-refractivity contribution < 1.29 is 0 Å². The minimum absolute atomic E-state index is 0.0342. The van der Waals surface area contributed by atoms with Crippen molar-refractivity contribution in [1.29, 1.82) is 0 Å². The second-order valence-corrected chi connectivity index (χ2v) is 5.33. The van der Waals surface area contributed by atoms with Crippen molar-refractivity contribution in [3.8, 4) is 0 Å². The number of benzene rings is 1. The van der Waals surface area contributed by atoms with Gasteiger partial charge in [-0.1, -0.05) is 24.4 Å². The summed E-state index contributed by atoms with van der Waals surface area (Å²) >= 11 is 6.06. The van der Waals surface area contributed by atoms with Crippen LogP contribution in [0.4, 0.5) is 5.69 Å². The molecule has 1 aliphatic rings. The van der Waals surface area contributed by atoms with Gasteiger partial charge in [-0.25, -0.2) is 0 Å². The van der Waals surface area contributed by atoms with Gasteiger partial charge >= 0.3 is 0 Å². The predicted molar refractivity (Wildman–Crippen MR) is 74.7 cm³/mol. The van der Waals surface area contributed by atoms with E-state index in [1.807, 2.05) is 19.1 Å². The normalized spacial score (nSPS) is 18.9. The maximum Gasteiger partial charge on any atom is 0.0415 e. The van der Waals surface area contributed by atoms with Crippen LogP contribution >= 0.6 is 11.6 Å². The SMILES string of the molecule is CC(N)c1cc(Cl)ccc1N1CCCCCC1. The van der Waals surface area contributed by atoms with E-state index in [0.717, 1.165) is 18.1 Å². The predicted octanol–water partition coefficient (Wildman–Crippen LogP) is 3.74. The molecule has 0 spiro atoms. The molecule has 3 heteroatoms. The fourth-order valence-corrected chi connectivity index (χ4v) is 2.67. The molecule has 0 aliphatic carbocycles. The molecule has 17 heavy (non-hydrogen) atoms. The highest BCUT2D eigenvalue weighted by molar-refractivity contribution is 6.30. The summed E-state index contributed by atoms with van der Waals surface area (Å²) in [6.07, 6.45) is 5.25. The quantitative estimate of drug-likeness (QED) is 0.869. The molecule has 0 aromatic heterocycles. The third-order valence-corrected chi connectivity index (χ3v) is 3.66. The Hall–Kier alpha value is -0.730. The summed E-state index contributed by atoms with van der Waals surface area (Å²) in [6.45, 7) is 4.30. The van der Waals surface area contributed by atoms with Gasteiger partial charge in [0, 0.05) is 29.8 Å². The Bertz CT molecular complexity index is 368. The van der Waals surface area contributed by atoms with Crippen LogP contribution in [0, 0.1) is 0 Å². The number of hydrogen-bond donors (Lipinski definition) is 1. The average molecular weight is 253 g/mol. The average Bonchev–Trinajstić information content (AvgIpc) is 2.57. The van der Waals surface area contributed by atoms with Crippen LogP contribution in [0.15, 0.2) is 18.2 Å². The molecule has 0 amide bonds. The van der Waals surface area contributed by atoms with Crippen molar-refractivity contribution in [3.63, 3.8) is 0 Å². The first-order valence-electron chi connectivity index (χ1n) is 6.48. The molecule has 1 atom stereocenters. The molecule has 94 valence electrons. The summed E-state index contributed by atoms with van der Waals surface area (Å²) in [7, 11) is 0. The fraction of sp³-hybridized carbons (Fsp3) is 0.571. The lowest BCUT2D eigenvalue weighted by molar-refractivity contribution is 0.726. The third kappa shape index (κ3) is 3.14. The summed E-state index contributed by atoms with van der Waals surface area (Å²) in [5.74, 6) is 0. The molecule has 1 aliphatic heterocycles. The lowest BCUT2D eigenvalue weighted by Gasteiger charge is -2.26. The van der Waals surface area contributed by atoms with Crippen LogP contribution in [0.25, 0.3) is 0 Å². The summed E-state index contributed by atoms with van der Waals surface area (Å²) < 4.78 is 0. The Morgan fingerprint density at radius 1 is 1.18 bits per heavy atom. The van der Waals surface area contributed by atoms with Gasteiger partial charge < -0.3 is 10.6 Å². The molecule has 1 unspecified atom stereocenters. The number of rotatable bonds is 2. The fourth-order valence-electron chi connectivity index (χ4n) is 2.49. The summed E-state index contributed by atoms with van der Waals surface area (Å²) in [5.41, 5.74) is 8.48. The van der Waals surface area contributed by atoms with Gasteiger partial charge in [-0.05, 0) is 43.5 Å². The minimum atomic E-state index is 0.0342. The number of anilines is 1. The van der Waals surface area contributed by atoms with Crippen molar-refractivity contribution in [2.24, 2.45) is 5.73 Å². The molecule has 2 rings (SSSR count). The highest BCUT2D eigenvalue weighted by Gasteiger charge is 2.15. The molecule has 1 heterocycles. The maximum absolute atomic E-state index is 6.06. The molecule has 0 radical (unpaired) electrons. The molecule has 2 nitrogen and oxygen atoms in total. The van der Waals surface area contributed by atoms with Crippen LogP contribution < -0.4 is 10.6 Å². The monoisotopic (exact) mass is 252 g/mol. The Morgan fingerprint density at radius 2 is 1.82 bits per heavy atom. The van der Waals surface area contributed by atoms with E-state index in [2.05, 4.69) is 11.0 Å². The second kappa shape index (κ2) is 5.74. The molecule has 1 fully saturated rings. The molecule has 0 saturated carbocycles. The smallest absolute Gasteiger partial charge is 0.0415 e. The molecule has 1 aromatic rings. The first-order chi connectivity index (χ1) is 8.18. The first-order valence-corrected chi connectivity index (χ1v) is 6.86. The largest absolute Gasteiger partial charge is 0.371 e. The zero-order chi connectivity index (χ0) is 12.3. The summed E-state index contributed by atoms with van der Waals surface area (Å²) in [4.78, 5) is 2.46. The summed E-state index contributed by atoms with van der Waals surface area (Å²) in [6, 6.07) is 6.12. The van der Waals surface area contributed by atoms with Crippen LogP contribution in [0.3, 0.4) is 0 Å². The highest BCUT2D eigenvalue weighted by Crippen LogP contribution is 2.29. The third-order valence-electron chi connectivity index (χ3n) is 3.43. The number of hydrogen-bond acceptors (Lipinski definition) is 2. The van der Waals surface area contributed by atoms with Gasteiger partial charge in [-0.3, -0.25) is 0 Å². The van der Waals surface area contributed by atoms with Crippen molar-refractivity contribution in [2.75, 3.05) is 18.0 Å². The van der Waals surface area contributed by atoms with Crippen molar-refractivity contribution in [2.45, 2.75) is 38.6 Å². The van der Waals surface area contributed by atoms with Gasteiger partial charge in [-0.15, -0.1) is 0 Å². The van der Waals surface area contributed by atoms with Crippen LogP contribution in [-0.4, -0.2) is 13.1 Å². The molecule has 1 aromatic carbocycles. The van der Waals surface area contributed by atoms with Gasteiger partial charge in [0.05, 0.1) is 0 Å². The second-order valence-electron chi connectivity index (χ2n) is 4.89. The zero-order valence-electron chi connectivity index (χ0n) is 10.5. The lowest BCUT2D eigenvalue weighted by atomic mass is 10.1. The van der Waals surface area contributed by atoms with E-state index in [4.69, 9.17) is 17.3 Å². The van der Waals surface area contributed by atoms with Crippen molar-refractivity contribution in [1.82, 2.24) is 0 Å². The van der Waals surface area contributed by atoms with Gasteiger partial charge in [0.25, 0.3) is 0 Å². The maximum atomic E-state index is 6.06. The highest BCUT2D eigenvalue weighted by atomic mass is 35.5. The molecule has 2 N–H and O–H groups in total. The van der Waals surface area contributed by atoms with E-state index >= 15 is 0 Å². The van der Waals surface area contributed by atoms with Crippen LogP contribution in [0.5, 0.6) is 0 Å². The zero-order valence-corrected chi connectivity index (χ0v) is 11.2. The van der Waals surface area contributed by atoms with Gasteiger partial charge in [0.1, 0.15) is 0 Å². The number of nitrogens with zero attached hydrogens (tertiary/aromatic N) is 1. The topological polar surface area (TPSA) is 29.3 Å². The standard InChI is InChI=1S/C14H21ClN2/c1-11(16)13-10-12(15)6-7-14(13)17-8-4-2-3-5-9-17/h6-7,10-11H,2-5,8-9,16H2,1H3. The minimum Gasteiger partial charge on any atom is -0.371 e. The van der Waals surface area contributed by atoms with E-state index in [1.54, 1.807) is 0 Å². The Kier molecular flexibility index (Phi) is 4.30. The van der Waals surface area contributed by atoms with Gasteiger partial charge in [0.15, 0.2) is 0 Å². The molecular weight excluding hydrogens is 232 g/mol. The molecule has 1 saturated heterocycles. The van der Waals surface area contributed by atoms with Crippen LogP contribution in [0.2, 0.25) is 5.02 Å². The molecular formula is C14H21ClN2. The van der Waals surface area contributed by atoms with E-state index in [-0.39, 0.29) is 6.04 Å². The number of nitrogens with two attached hydrogens (primary N) is 1. The van der Waals surface area contributed by atoms with E-state index in [9.17, 15) is 0 Å². The Labute approximate surface area is 109 Å². The molecule has 0 bridgehead atoms. The van der Waals surface area contributed by atoms with Gasteiger partial charge in [-0.2, -0.15) is 0 Å². The lowest BCUT2D eigenvalue weighted by Crippen LogP contribution is -2.26. The van der Waals surface area contributed by atoms with E-state index in [0.29, 0.717) is 0 Å². The van der Waals surface area contributed by atoms with E-state index in [1.165, 1.54) is 36.9 Å². The van der Waals surface area contributed by atoms with Crippen LogP contribution in [0.1, 0.15) is 44.2 Å². The Balaban J connectivity index is 2.29. The van der Waals surface area contributed by atoms with Crippen LogP contribution in [-0.2, 0) is 0 Å². The van der Waals surface area contributed by atoms with Gasteiger partial charge in [0.2, 0.25) is 0 Å².